The van der Waals surface area contributed by atoms with Crippen LogP contribution in [0.15, 0.2) is 11.2 Å². The van der Waals surface area contributed by atoms with Gasteiger partial charge in [-0.15, -0.1) is 0 Å². The molecule has 1 rings (SSSR count). The number of carboxylic acid groups (broad SMARTS) is 1. The second-order valence-corrected chi connectivity index (χ2v) is 4.49. The summed E-state index contributed by atoms with van der Waals surface area (Å²) in [6.07, 6.45) is 0. The number of nitrogens with zero attached hydrogens (tertiary/aromatic N) is 3. The third kappa shape index (κ3) is 4.76. The molecule has 8 heteroatoms. The van der Waals surface area contributed by atoms with Crippen molar-refractivity contribution >= 4 is 35.1 Å². The van der Waals surface area contributed by atoms with Gasteiger partial charge in [-0.05, 0) is 0 Å². The number of aliphatic hydroxyl groups excluding tert-OH is 1. The van der Waals surface area contributed by atoms with E-state index in [1.54, 1.807) is 18.0 Å². The molecule has 0 aromatic carbocycles. The Bertz CT molecular complexity index is 405. The number of aliphatic carboxylic acids is 1. The van der Waals surface area contributed by atoms with Crippen molar-refractivity contribution in [3.8, 4) is 0 Å². The monoisotopic (exact) mass is 277 g/mol. The van der Waals surface area contributed by atoms with Crippen LogP contribution in [-0.2, 0) is 4.79 Å². The lowest BCUT2D eigenvalue weighted by Gasteiger charge is -2.17. The molecule has 0 unspecified atom stereocenters. The van der Waals surface area contributed by atoms with Gasteiger partial charge in [-0.25, -0.2) is 9.97 Å². The molecule has 2 N–H and O–H groups in total. The van der Waals surface area contributed by atoms with Gasteiger partial charge in [-0.1, -0.05) is 23.4 Å². The van der Waals surface area contributed by atoms with Gasteiger partial charge < -0.3 is 15.1 Å². The molecular weight excluding hydrogens is 266 g/mol. The van der Waals surface area contributed by atoms with Gasteiger partial charge >= 0.3 is 5.97 Å². The highest BCUT2D eigenvalue weighted by molar-refractivity contribution is 7.99. The Kier molecular flexibility index (Phi) is 5.46. The van der Waals surface area contributed by atoms with Gasteiger partial charge in [-0.2, -0.15) is 0 Å². The summed E-state index contributed by atoms with van der Waals surface area (Å²) < 4.78 is 0. The van der Waals surface area contributed by atoms with Gasteiger partial charge in [0.1, 0.15) is 11.0 Å². The minimum Gasteiger partial charge on any atom is -0.481 e. The van der Waals surface area contributed by atoms with Crippen LogP contribution in [0.4, 0.5) is 5.82 Å². The quantitative estimate of drug-likeness (QED) is 0.450. The van der Waals surface area contributed by atoms with Crippen molar-refractivity contribution in [2.24, 2.45) is 0 Å². The average molecular weight is 278 g/mol. The number of anilines is 1. The van der Waals surface area contributed by atoms with Crippen LogP contribution in [-0.4, -0.2) is 52.1 Å². The molecule has 0 spiro atoms. The van der Waals surface area contributed by atoms with Crippen LogP contribution in [0.5, 0.6) is 0 Å². The number of hydrogen-bond donors (Lipinski definition) is 2. The van der Waals surface area contributed by atoms with Crippen LogP contribution in [0, 0.1) is 0 Å². The third-order valence-electron chi connectivity index (χ3n) is 1.81. The van der Waals surface area contributed by atoms with Crippen LogP contribution in [0.25, 0.3) is 0 Å². The Balaban J connectivity index is 2.82. The fourth-order valence-electron chi connectivity index (χ4n) is 1.04. The first-order chi connectivity index (χ1) is 8.02. The fraction of sp³-hybridized carbons (Fsp3) is 0.444. The maximum absolute atomic E-state index is 10.4. The summed E-state index contributed by atoms with van der Waals surface area (Å²) in [5, 5.41) is 17.9. The zero-order chi connectivity index (χ0) is 12.8. The Labute approximate surface area is 108 Å². The first-order valence-electron chi connectivity index (χ1n) is 4.74. The second kappa shape index (κ2) is 6.63. The largest absolute Gasteiger partial charge is 0.481 e. The molecule has 1 aromatic heterocycles. The number of aromatic nitrogens is 2. The number of carboxylic acids is 1. The topological polar surface area (TPSA) is 86.5 Å². The maximum Gasteiger partial charge on any atom is 0.313 e. The zero-order valence-corrected chi connectivity index (χ0v) is 10.7. The highest BCUT2D eigenvalue weighted by atomic mass is 35.5. The molecule has 0 fully saturated rings. The number of aliphatic hydroxyl groups is 1. The van der Waals surface area contributed by atoms with Crippen molar-refractivity contribution in [3.63, 3.8) is 0 Å². The summed E-state index contributed by atoms with van der Waals surface area (Å²) in [5.74, 6) is -0.514. The zero-order valence-electron chi connectivity index (χ0n) is 9.13. The van der Waals surface area contributed by atoms with Crippen molar-refractivity contribution in [2.45, 2.75) is 5.16 Å². The molecule has 0 aliphatic carbocycles. The molecule has 0 aliphatic rings. The van der Waals surface area contributed by atoms with E-state index >= 15 is 0 Å². The molecule has 0 saturated heterocycles. The lowest BCUT2D eigenvalue weighted by atomic mass is 10.5. The van der Waals surface area contributed by atoms with Crippen molar-refractivity contribution in [1.29, 1.82) is 0 Å². The summed E-state index contributed by atoms with van der Waals surface area (Å²) in [5.41, 5.74) is 0. The fourth-order valence-corrected chi connectivity index (χ4v) is 1.84. The second-order valence-electron chi connectivity index (χ2n) is 3.16. The molecule has 0 radical (unpaired) electrons. The smallest absolute Gasteiger partial charge is 0.313 e. The van der Waals surface area contributed by atoms with Gasteiger partial charge in [-0.3, -0.25) is 4.79 Å². The number of likely N-dealkylation sites (N-methyl/N-ethyl adjacent to an activating group) is 1. The molecular formula is C9H12ClN3O3S. The van der Waals surface area contributed by atoms with Crippen molar-refractivity contribution in [2.75, 3.05) is 30.9 Å². The van der Waals surface area contributed by atoms with E-state index in [4.69, 9.17) is 21.8 Å². The molecule has 6 nitrogen and oxygen atoms in total. The van der Waals surface area contributed by atoms with E-state index < -0.39 is 5.97 Å². The SMILES string of the molecule is CN(CCO)c1cc(Cl)nc(SCC(=O)O)n1. The van der Waals surface area contributed by atoms with Gasteiger partial charge in [0.25, 0.3) is 0 Å². The lowest BCUT2D eigenvalue weighted by molar-refractivity contribution is -0.133. The molecule has 0 saturated carbocycles. The predicted octanol–water partition coefficient (Wildman–Crippen LogP) is 0.735. The predicted molar refractivity (Wildman–Crippen MR) is 65.8 cm³/mol. The van der Waals surface area contributed by atoms with Crippen LogP contribution >= 0.6 is 23.4 Å². The van der Waals surface area contributed by atoms with Crippen molar-refractivity contribution in [3.05, 3.63) is 11.2 Å². The molecule has 0 atom stereocenters. The molecule has 0 bridgehead atoms. The van der Waals surface area contributed by atoms with Crippen molar-refractivity contribution < 1.29 is 15.0 Å². The van der Waals surface area contributed by atoms with Gasteiger partial charge in [0, 0.05) is 19.7 Å². The lowest BCUT2D eigenvalue weighted by Crippen LogP contribution is -2.22. The number of carbonyl (C=O) groups is 1. The molecule has 0 amide bonds. The van der Waals surface area contributed by atoms with E-state index in [1.165, 1.54) is 0 Å². The van der Waals surface area contributed by atoms with Gasteiger partial charge in [0.15, 0.2) is 5.16 Å². The van der Waals surface area contributed by atoms with Gasteiger partial charge in [0.05, 0.1) is 12.4 Å². The molecule has 94 valence electrons. The summed E-state index contributed by atoms with van der Waals surface area (Å²) >= 11 is 6.81. The van der Waals surface area contributed by atoms with E-state index in [0.717, 1.165) is 11.8 Å². The standard InChI is InChI=1S/C9H12ClN3O3S/c1-13(2-3-14)7-4-6(10)11-9(12-7)17-5-8(15)16/h4,14H,2-3,5H2,1H3,(H,15,16). The van der Waals surface area contributed by atoms with Crippen LogP contribution < -0.4 is 4.90 Å². The Morgan fingerprint density at radius 1 is 1.59 bits per heavy atom. The van der Waals surface area contributed by atoms with Crippen LogP contribution in [0.1, 0.15) is 0 Å². The normalized spacial score (nSPS) is 10.3. The van der Waals surface area contributed by atoms with Crippen molar-refractivity contribution in [1.82, 2.24) is 9.97 Å². The summed E-state index contributed by atoms with van der Waals surface area (Å²) in [4.78, 5) is 20.2. The minimum atomic E-state index is -0.941. The van der Waals surface area contributed by atoms with Gasteiger partial charge in [0.2, 0.25) is 0 Å². The highest BCUT2D eigenvalue weighted by Crippen LogP contribution is 2.20. The van der Waals surface area contributed by atoms with E-state index in [9.17, 15) is 4.79 Å². The number of hydrogen-bond acceptors (Lipinski definition) is 6. The van der Waals surface area contributed by atoms with Crippen LogP contribution in [0.3, 0.4) is 0 Å². The number of thioether (sulfide) groups is 1. The van der Waals surface area contributed by atoms with Crippen LogP contribution in [0.2, 0.25) is 5.15 Å². The Hall–Kier alpha value is -1.05. The first kappa shape index (κ1) is 14.0. The molecule has 17 heavy (non-hydrogen) atoms. The average Bonchev–Trinajstić information content (AvgIpc) is 2.26. The molecule has 0 aliphatic heterocycles. The van der Waals surface area contributed by atoms with E-state index in [0.29, 0.717) is 17.5 Å². The third-order valence-corrected chi connectivity index (χ3v) is 2.84. The summed E-state index contributed by atoms with van der Waals surface area (Å²) in [6, 6.07) is 1.56. The van der Waals surface area contributed by atoms with E-state index in [-0.39, 0.29) is 17.5 Å². The summed E-state index contributed by atoms with van der Waals surface area (Å²) in [6.45, 7) is 0.409. The number of halogens is 1. The minimum absolute atomic E-state index is 0.00424. The molecule has 1 heterocycles. The maximum atomic E-state index is 10.4. The Morgan fingerprint density at radius 3 is 2.88 bits per heavy atom. The van der Waals surface area contributed by atoms with E-state index in [1.807, 2.05) is 0 Å². The Morgan fingerprint density at radius 2 is 2.29 bits per heavy atom. The van der Waals surface area contributed by atoms with E-state index in [2.05, 4.69) is 9.97 Å². The number of rotatable bonds is 6. The highest BCUT2D eigenvalue weighted by Gasteiger charge is 2.09. The molecule has 1 aromatic rings. The summed E-state index contributed by atoms with van der Waals surface area (Å²) in [7, 11) is 1.75. The first-order valence-corrected chi connectivity index (χ1v) is 6.10.